The maximum absolute atomic E-state index is 14.2. The van der Waals surface area contributed by atoms with Crippen LogP contribution in [0.3, 0.4) is 0 Å². The van der Waals surface area contributed by atoms with Crippen molar-refractivity contribution in [3.8, 4) is 0 Å². The van der Waals surface area contributed by atoms with Crippen molar-refractivity contribution in [2.75, 3.05) is 22.6 Å². The molecule has 3 rings (SSSR count). The number of benzene rings is 2. The van der Waals surface area contributed by atoms with Gasteiger partial charge in [-0.25, -0.2) is 9.29 Å². The molecule has 8 heteroatoms. The molecular formula is C20H17FN2O4S. The maximum atomic E-state index is 14.2. The summed E-state index contributed by atoms with van der Waals surface area (Å²) in [6, 6.07) is 12.0. The molecule has 0 fully saturated rings. The Bertz CT molecular complexity index is 972. The van der Waals surface area contributed by atoms with Crippen molar-refractivity contribution >= 4 is 46.4 Å². The second-order valence-corrected chi connectivity index (χ2v) is 7.04. The number of aliphatic hydroxyl groups excluding tert-OH is 1. The van der Waals surface area contributed by atoms with E-state index in [9.17, 15) is 18.8 Å². The van der Waals surface area contributed by atoms with E-state index in [2.05, 4.69) is 5.32 Å². The second-order valence-electron chi connectivity index (χ2n) is 5.93. The number of rotatable bonds is 6. The van der Waals surface area contributed by atoms with Crippen LogP contribution >= 0.6 is 11.8 Å². The van der Waals surface area contributed by atoms with Crippen LogP contribution in [0.15, 0.2) is 53.4 Å². The lowest BCUT2D eigenvalue weighted by atomic mass is 10.1. The number of carbonyl (C=O) groups is 3. The Hall–Kier alpha value is -2.97. The van der Waals surface area contributed by atoms with Crippen molar-refractivity contribution in [3.05, 3.63) is 64.8 Å². The van der Waals surface area contributed by atoms with Gasteiger partial charge in [-0.1, -0.05) is 24.3 Å². The molecule has 28 heavy (non-hydrogen) atoms. The third-order valence-corrected chi connectivity index (χ3v) is 5.02. The van der Waals surface area contributed by atoms with Crippen LogP contribution in [0, 0.1) is 5.82 Å². The third kappa shape index (κ3) is 3.83. The van der Waals surface area contributed by atoms with E-state index in [4.69, 9.17) is 5.11 Å². The topological polar surface area (TPSA) is 86.7 Å². The van der Waals surface area contributed by atoms with Crippen molar-refractivity contribution in [2.24, 2.45) is 0 Å². The van der Waals surface area contributed by atoms with Gasteiger partial charge in [0.25, 0.3) is 11.8 Å². The summed E-state index contributed by atoms with van der Waals surface area (Å²) in [4.78, 5) is 38.1. The summed E-state index contributed by atoms with van der Waals surface area (Å²) in [5.74, 6) is -1.97. The van der Waals surface area contributed by atoms with E-state index in [-0.39, 0.29) is 34.4 Å². The fourth-order valence-electron chi connectivity index (χ4n) is 2.82. The molecule has 2 N–H and O–H groups in total. The van der Waals surface area contributed by atoms with Crippen LogP contribution in [0.4, 0.5) is 15.8 Å². The summed E-state index contributed by atoms with van der Waals surface area (Å²) in [7, 11) is 0. The van der Waals surface area contributed by atoms with Gasteiger partial charge in [0.2, 0.25) is 5.91 Å². The van der Waals surface area contributed by atoms with E-state index in [0.717, 1.165) is 16.7 Å². The number of hydrogen-bond donors (Lipinski definition) is 2. The molecule has 0 aliphatic carbocycles. The first kappa shape index (κ1) is 19.8. The number of hydrogen-bond acceptors (Lipinski definition) is 5. The second kappa shape index (κ2) is 8.37. The van der Waals surface area contributed by atoms with Gasteiger partial charge in [-0.2, -0.15) is 0 Å². The zero-order chi connectivity index (χ0) is 20.3. The standard InChI is InChI=1S/C20H17FN2O4S/c1-12(25)22-14-8-6-13(7-9-14)17-18(28-11-10-24)20(27)23(19(17)26)16-5-3-2-4-15(16)21/h2-9,24H,10-11H2,1H3,(H,22,25). The molecule has 0 atom stereocenters. The normalized spacial score (nSPS) is 14.0. The number of anilines is 2. The van der Waals surface area contributed by atoms with E-state index < -0.39 is 17.6 Å². The Labute approximate surface area is 165 Å². The Morgan fingerprint density at radius 3 is 2.39 bits per heavy atom. The molecule has 1 aliphatic rings. The fraction of sp³-hybridized carbons (Fsp3) is 0.150. The first-order valence-corrected chi connectivity index (χ1v) is 9.42. The van der Waals surface area contributed by atoms with E-state index in [1.807, 2.05) is 0 Å². The number of nitrogens with zero attached hydrogens (tertiary/aromatic N) is 1. The highest BCUT2D eigenvalue weighted by atomic mass is 32.2. The monoisotopic (exact) mass is 400 g/mol. The molecule has 144 valence electrons. The lowest BCUT2D eigenvalue weighted by Crippen LogP contribution is -2.32. The van der Waals surface area contributed by atoms with Crippen LogP contribution in [0.5, 0.6) is 0 Å². The van der Waals surface area contributed by atoms with Crippen molar-refractivity contribution in [1.82, 2.24) is 0 Å². The lowest BCUT2D eigenvalue weighted by Gasteiger charge is -2.15. The molecule has 1 heterocycles. The summed E-state index contributed by atoms with van der Waals surface area (Å²) in [5, 5.41) is 11.8. The van der Waals surface area contributed by atoms with Crippen LogP contribution in [0.2, 0.25) is 0 Å². The van der Waals surface area contributed by atoms with Gasteiger partial charge in [0.15, 0.2) is 0 Å². The zero-order valence-electron chi connectivity index (χ0n) is 14.9. The predicted octanol–water partition coefficient (Wildman–Crippen LogP) is 2.79. The SMILES string of the molecule is CC(=O)Nc1ccc(C2=C(SCCO)C(=O)N(c3ccccc3F)C2=O)cc1. The Kier molecular flexibility index (Phi) is 5.91. The molecule has 0 radical (unpaired) electrons. The summed E-state index contributed by atoms with van der Waals surface area (Å²) in [6.45, 7) is 1.20. The molecule has 3 amide bonds. The van der Waals surface area contributed by atoms with Crippen LogP contribution in [0.25, 0.3) is 5.57 Å². The average molecular weight is 400 g/mol. The summed E-state index contributed by atoms with van der Waals surface area (Å²) >= 11 is 1.04. The van der Waals surface area contributed by atoms with E-state index in [1.54, 1.807) is 30.3 Å². The highest BCUT2D eigenvalue weighted by Gasteiger charge is 2.41. The van der Waals surface area contributed by atoms with Gasteiger partial charge in [-0.15, -0.1) is 11.8 Å². The minimum absolute atomic E-state index is 0.121. The molecule has 0 spiro atoms. The Balaban J connectivity index is 2.03. The van der Waals surface area contributed by atoms with E-state index in [0.29, 0.717) is 11.3 Å². The molecule has 0 bridgehead atoms. The first-order chi connectivity index (χ1) is 13.4. The lowest BCUT2D eigenvalue weighted by molar-refractivity contribution is -0.120. The van der Waals surface area contributed by atoms with Gasteiger partial charge in [-0.05, 0) is 29.8 Å². The van der Waals surface area contributed by atoms with E-state index >= 15 is 0 Å². The molecule has 2 aromatic carbocycles. The van der Waals surface area contributed by atoms with Crippen molar-refractivity contribution < 1.29 is 23.9 Å². The minimum atomic E-state index is -0.682. The summed E-state index contributed by atoms with van der Waals surface area (Å²) < 4.78 is 14.2. The summed E-state index contributed by atoms with van der Waals surface area (Å²) in [6.07, 6.45) is 0. The molecule has 1 aliphatic heterocycles. The molecular weight excluding hydrogens is 383 g/mol. The van der Waals surface area contributed by atoms with E-state index in [1.165, 1.54) is 25.1 Å². The van der Waals surface area contributed by atoms with Crippen molar-refractivity contribution in [2.45, 2.75) is 6.92 Å². The Morgan fingerprint density at radius 1 is 1.11 bits per heavy atom. The highest BCUT2D eigenvalue weighted by Crippen LogP contribution is 2.39. The fourth-order valence-corrected chi connectivity index (χ4v) is 3.68. The average Bonchev–Trinajstić information content (AvgIpc) is 2.91. The highest BCUT2D eigenvalue weighted by molar-refractivity contribution is 8.04. The first-order valence-electron chi connectivity index (χ1n) is 8.43. The molecule has 0 aromatic heterocycles. The maximum Gasteiger partial charge on any atom is 0.272 e. The van der Waals surface area contributed by atoms with Gasteiger partial charge < -0.3 is 10.4 Å². The quantitative estimate of drug-likeness (QED) is 0.729. The smallest absolute Gasteiger partial charge is 0.272 e. The van der Waals surface area contributed by atoms with Crippen LogP contribution in [-0.2, 0) is 14.4 Å². The number of carbonyl (C=O) groups excluding carboxylic acids is 3. The summed E-state index contributed by atoms with van der Waals surface area (Å²) in [5.41, 5.74) is 1.03. The van der Waals surface area contributed by atoms with Gasteiger partial charge >= 0.3 is 0 Å². The molecule has 0 saturated heterocycles. The predicted molar refractivity (Wildman–Crippen MR) is 106 cm³/mol. The van der Waals surface area contributed by atoms with Gasteiger partial charge in [0, 0.05) is 18.4 Å². The molecule has 2 aromatic rings. The van der Waals surface area contributed by atoms with Crippen molar-refractivity contribution in [1.29, 1.82) is 0 Å². The zero-order valence-corrected chi connectivity index (χ0v) is 15.8. The molecule has 0 saturated carbocycles. The molecule has 0 unspecified atom stereocenters. The van der Waals surface area contributed by atoms with Crippen LogP contribution < -0.4 is 10.2 Å². The van der Waals surface area contributed by atoms with Crippen LogP contribution in [-0.4, -0.2) is 35.2 Å². The number of imide groups is 1. The molecule has 6 nitrogen and oxygen atoms in total. The van der Waals surface area contributed by atoms with Gasteiger partial charge in [-0.3, -0.25) is 14.4 Å². The number of halogens is 1. The number of thioether (sulfide) groups is 1. The number of amides is 3. The van der Waals surface area contributed by atoms with Crippen LogP contribution in [0.1, 0.15) is 12.5 Å². The largest absolute Gasteiger partial charge is 0.396 e. The Morgan fingerprint density at radius 2 is 1.79 bits per heavy atom. The van der Waals surface area contributed by atoms with Gasteiger partial charge in [0.05, 0.1) is 22.8 Å². The van der Waals surface area contributed by atoms with Gasteiger partial charge in [0.1, 0.15) is 5.82 Å². The van der Waals surface area contributed by atoms with Crippen molar-refractivity contribution in [3.63, 3.8) is 0 Å². The number of nitrogens with one attached hydrogen (secondary N) is 1. The number of para-hydroxylation sites is 1. The number of aliphatic hydroxyl groups is 1. The minimum Gasteiger partial charge on any atom is -0.396 e. The third-order valence-electron chi connectivity index (χ3n) is 3.97.